The molecule has 0 saturated heterocycles. The van der Waals surface area contributed by atoms with Crippen LogP contribution in [0.5, 0.6) is 11.5 Å². The third-order valence-corrected chi connectivity index (χ3v) is 6.35. The number of amides is 1. The summed E-state index contributed by atoms with van der Waals surface area (Å²) < 4.78 is 8.31. The van der Waals surface area contributed by atoms with Gasteiger partial charge in [0.2, 0.25) is 5.43 Å². The van der Waals surface area contributed by atoms with Crippen molar-refractivity contribution in [2.75, 3.05) is 39.0 Å². The zero-order chi connectivity index (χ0) is 24.5. The van der Waals surface area contributed by atoms with Crippen molar-refractivity contribution in [2.45, 2.75) is 19.8 Å². The number of unbranched alkanes of at least 4 members (excludes halogenated alkanes) is 1. The van der Waals surface area contributed by atoms with E-state index in [0.717, 1.165) is 41.5 Å². The summed E-state index contributed by atoms with van der Waals surface area (Å²) in [6, 6.07) is 15.7. The maximum Gasteiger partial charge on any atom is 0.256 e. The number of nitrogens with one attached hydrogen (secondary N) is 2. The van der Waals surface area contributed by atoms with Gasteiger partial charge in [-0.2, -0.15) is 0 Å². The number of anilines is 1. The van der Waals surface area contributed by atoms with Gasteiger partial charge in [-0.05, 0) is 75.4 Å². The van der Waals surface area contributed by atoms with Gasteiger partial charge in [0, 0.05) is 19.3 Å². The van der Waals surface area contributed by atoms with Crippen LogP contribution in [0.1, 0.15) is 30.1 Å². The van der Waals surface area contributed by atoms with Crippen LogP contribution in [-0.4, -0.2) is 49.1 Å². The topological polar surface area (TPSA) is 75.6 Å². The Morgan fingerprint density at radius 1 is 1.06 bits per heavy atom. The summed E-state index contributed by atoms with van der Waals surface area (Å²) in [5.41, 5.74) is 2.12. The first-order valence-electron chi connectivity index (χ1n) is 12.1. The number of pyridine rings is 1. The number of ether oxygens (including phenoxy) is 1. The molecule has 5 rings (SSSR count). The van der Waals surface area contributed by atoms with Gasteiger partial charge in [-0.15, -0.1) is 0 Å². The van der Waals surface area contributed by atoms with Crippen LogP contribution in [0.25, 0.3) is 27.4 Å². The Balaban J connectivity index is 1.62. The Bertz CT molecular complexity index is 1490. The molecule has 0 spiro atoms. The Hall–Kier alpha value is -3.84. The molecule has 0 atom stereocenters. The van der Waals surface area contributed by atoms with Crippen molar-refractivity contribution in [3.8, 4) is 17.2 Å². The lowest BCUT2D eigenvalue weighted by Gasteiger charge is -2.26. The van der Waals surface area contributed by atoms with Gasteiger partial charge in [-0.3, -0.25) is 9.59 Å². The SMILES string of the molecule is CCNc1ccc2c(=O)c(C(=O)NCCCCN(C)C)cn3c2c1Oc1cc2ccccc2cc1-3. The smallest absolute Gasteiger partial charge is 0.256 e. The summed E-state index contributed by atoms with van der Waals surface area (Å²) in [4.78, 5) is 28.6. The summed E-state index contributed by atoms with van der Waals surface area (Å²) in [5, 5.41) is 8.84. The van der Waals surface area contributed by atoms with Gasteiger partial charge in [0.1, 0.15) is 11.1 Å². The highest BCUT2D eigenvalue weighted by Crippen LogP contribution is 2.45. The van der Waals surface area contributed by atoms with Gasteiger partial charge >= 0.3 is 0 Å². The van der Waals surface area contributed by atoms with E-state index in [4.69, 9.17) is 4.74 Å². The molecule has 35 heavy (non-hydrogen) atoms. The number of nitrogens with zero attached hydrogens (tertiary/aromatic N) is 2. The first-order valence-corrected chi connectivity index (χ1v) is 12.1. The number of carbonyl (C=O) groups is 1. The van der Waals surface area contributed by atoms with E-state index in [1.54, 1.807) is 12.3 Å². The number of aromatic nitrogens is 1. The highest BCUT2D eigenvalue weighted by Gasteiger charge is 2.26. The molecule has 1 aromatic heterocycles. The van der Waals surface area contributed by atoms with Crippen LogP contribution in [0, 0.1) is 0 Å². The molecule has 180 valence electrons. The second-order valence-corrected chi connectivity index (χ2v) is 9.15. The molecule has 0 bridgehead atoms. The molecule has 0 radical (unpaired) electrons. The van der Waals surface area contributed by atoms with E-state index in [2.05, 4.69) is 15.5 Å². The molecule has 4 aromatic rings. The molecule has 2 heterocycles. The van der Waals surface area contributed by atoms with Gasteiger partial charge in [0.15, 0.2) is 11.5 Å². The maximum absolute atomic E-state index is 13.4. The summed E-state index contributed by atoms with van der Waals surface area (Å²) in [5.74, 6) is 0.929. The highest BCUT2D eigenvalue weighted by atomic mass is 16.5. The molecule has 1 aliphatic rings. The first-order chi connectivity index (χ1) is 17.0. The third kappa shape index (κ3) is 4.23. The summed E-state index contributed by atoms with van der Waals surface area (Å²) in [6.45, 7) is 4.21. The zero-order valence-electron chi connectivity index (χ0n) is 20.4. The van der Waals surface area contributed by atoms with Crippen molar-refractivity contribution in [1.29, 1.82) is 0 Å². The molecular formula is C28H30N4O3. The molecule has 1 aliphatic heterocycles. The van der Waals surface area contributed by atoms with Crippen LogP contribution in [0.3, 0.4) is 0 Å². The van der Waals surface area contributed by atoms with Crippen molar-refractivity contribution in [3.05, 3.63) is 70.5 Å². The fourth-order valence-corrected chi connectivity index (χ4v) is 4.61. The van der Waals surface area contributed by atoms with Crippen LogP contribution in [0.15, 0.2) is 59.5 Å². The van der Waals surface area contributed by atoms with Gasteiger partial charge < -0.3 is 24.8 Å². The van der Waals surface area contributed by atoms with Crippen molar-refractivity contribution < 1.29 is 9.53 Å². The number of hydrogen-bond donors (Lipinski definition) is 2. The normalized spacial score (nSPS) is 12.0. The first kappa shape index (κ1) is 22.9. The minimum atomic E-state index is -0.350. The summed E-state index contributed by atoms with van der Waals surface area (Å²) in [7, 11) is 4.06. The van der Waals surface area contributed by atoms with Crippen molar-refractivity contribution in [2.24, 2.45) is 0 Å². The van der Waals surface area contributed by atoms with Crippen LogP contribution in [-0.2, 0) is 0 Å². The Kier molecular flexibility index (Phi) is 6.17. The van der Waals surface area contributed by atoms with Gasteiger partial charge in [-0.25, -0.2) is 0 Å². The number of hydrogen-bond acceptors (Lipinski definition) is 5. The maximum atomic E-state index is 13.4. The van der Waals surface area contributed by atoms with Crippen molar-refractivity contribution >= 4 is 33.3 Å². The van der Waals surface area contributed by atoms with E-state index < -0.39 is 0 Å². The molecular weight excluding hydrogens is 440 g/mol. The molecule has 2 N–H and O–H groups in total. The van der Waals surface area contributed by atoms with Crippen LogP contribution in [0.2, 0.25) is 0 Å². The molecule has 0 saturated carbocycles. The lowest BCUT2D eigenvalue weighted by molar-refractivity contribution is 0.0951. The average Bonchev–Trinajstić information content (AvgIpc) is 2.85. The Morgan fingerprint density at radius 3 is 2.57 bits per heavy atom. The molecule has 0 unspecified atom stereocenters. The number of fused-ring (bicyclic) bond motifs is 3. The lowest BCUT2D eigenvalue weighted by atomic mass is 10.0. The van der Waals surface area contributed by atoms with E-state index in [1.807, 2.05) is 68.1 Å². The molecule has 0 aliphatic carbocycles. The lowest BCUT2D eigenvalue weighted by Crippen LogP contribution is -2.31. The molecule has 1 amide bonds. The minimum absolute atomic E-state index is 0.133. The minimum Gasteiger partial charge on any atom is -0.451 e. The predicted octanol–water partition coefficient (Wildman–Crippen LogP) is 4.75. The Labute approximate surface area is 204 Å². The van der Waals surface area contributed by atoms with Gasteiger partial charge in [-0.1, -0.05) is 24.3 Å². The summed E-state index contributed by atoms with van der Waals surface area (Å²) in [6.07, 6.45) is 3.49. The molecule has 7 nitrogen and oxygen atoms in total. The third-order valence-electron chi connectivity index (χ3n) is 6.35. The molecule has 0 fully saturated rings. The average molecular weight is 471 g/mol. The number of rotatable bonds is 8. The van der Waals surface area contributed by atoms with E-state index in [9.17, 15) is 9.59 Å². The highest BCUT2D eigenvalue weighted by molar-refractivity contribution is 6.01. The summed E-state index contributed by atoms with van der Waals surface area (Å²) >= 11 is 0. The monoisotopic (exact) mass is 470 g/mol. The second kappa shape index (κ2) is 9.43. The molecule has 7 heteroatoms. The van der Waals surface area contributed by atoms with Crippen LogP contribution >= 0.6 is 0 Å². The van der Waals surface area contributed by atoms with E-state index in [-0.39, 0.29) is 16.9 Å². The zero-order valence-corrected chi connectivity index (χ0v) is 20.4. The second-order valence-electron chi connectivity index (χ2n) is 9.15. The molecule has 3 aromatic carbocycles. The van der Waals surface area contributed by atoms with E-state index >= 15 is 0 Å². The fraction of sp³-hybridized carbons (Fsp3) is 0.286. The van der Waals surface area contributed by atoms with E-state index in [0.29, 0.717) is 35.5 Å². The predicted molar refractivity (Wildman–Crippen MR) is 141 cm³/mol. The fourth-order valence-electron chi connectivity index (χ4n) is 4.61. The van der Waals surface area contributed by atoms with E-state index in [1.165, 1.54) is 0 Å². The van der Waals surface area contributed by atoms with Gasteiger partial charge in [0.05, 0.1) is 16.8 Å². The Morgan fingerprint density at radius 2 is 1.83 bits per heavy atom. The number of carbonyl (C=O) groups excluding carboxylic acids is 1. The quantitative estimate of drug-likeness (QED) is 0.320. The van der Waals surface area contributed by atoms with Crippen LogP contribution < -0.4 is 20.8 Å². The largest absolute Gasteiger partial charge is 0.451 e. The van der Waals surface area contributed by atoms with Gasteiger partial charge in [0.25, 0.3) is 5.91 Å². The van der Waals surface area contributed by atoms with Crippen molar-refractivity contribution in [1.82, 2.24) is 14.8 Å². The number of benzene rings is 3. The van der Waals surface area contributed by atoms with Crippen LogP contribution in [0.4, 0.5) is 5.69 Å². The standard InChI is InChI=1S/C28H30N4O3/c1-4-29-22-12-11-20-25-27(22)35-24-16-19-10-6-5-9-18(19)15-23(24)32(25)17-21(26(20)33)28(34)30-13-7-8-14-31(2)3/h5-6,9-12,15-17,29H,4,7-8,13-14H2,1-3H3,(H,30,34). The van der Waals surface area contributed by atoms with Crippen molar-refractivity contribution in [3.63, 3.8) is 0 Å².